The summed E-state index contributed by atoms with van der Waals surface area (Å²) in [6.45, 7) is 1.47. The van der Waals surface area contributed by atoms with Crippen LogP contribution in [0, 0.1) is 0 Å². The Kier molecular flexibility index (Phi) is 4.76. The third-order valence-corrected chi connectivity index (χ3v) is 3.87. The van der Waals surface area contributed by atoms with Crippen LogP contribution in [0.2, 0.25) is 5.02 Å². The van der Waals surface area contributed by atoms with Crippen LogP contribution in [0.4, 0.5) is 0 Å². The molecule has 7 heteroatoms. The maximum Gasteiger partial charge on any atom is 0.246 e. The van der Waals surface area contributed by atoms with E-state index in [1.54, 1.807) is 35.0 Å². The van der Waals surface area contributed by atoms with Gasteiger partial charge in [-0.05, 0) is 23.8 Å². The molecule has 24 heavy (non-hydrogen) atoms. The molecular weight excluding hydrogens is 330 g/mol. The summed E-state index contributed by atoms with van der Waals surface area (Å²) in [4.78, 5) is 13.8. The van der Waals surface area contributed by atoms with E-state index < -0.39 is 0 Å². The van der Waals surface area contributed by atoms with E-state index in [2.05, 4.69) is 5.10 Å². The van der Waals surface area contributed by atoms with Gasteiger partial charge in [0.2, 0.25) is 5.91 Å². The second kappa shape index (κ2) is 6.97. The van der Waals surface area contributed by atoms with Crippen LogP contribution in [0.1, 0.15) is 11.1 Å². The molecule has 0 unspecified atom stereocenters. The van der Waals surface area contributed by atoms with Crippen LogP contribution in [0.5, 0.6) is 11.5 Å². The average molecular weight is 348 g/mol. The fraction of sp³-hybridized carbons (Fsp3) is 0.294. The number of carbonyl (C=O) groups is 1. The number of hydrogen-bond acceptors (Lipinski definition) is 4. The summed E-state index contributed by atoms with van der Waals surface area (Å²) < 4.78 is 12.7. The molecule has 6 nitrogen and oxygen atoms in total. The maximum atomic E-state index is 12.2. The topological polar surface area (TPSA) is 56.6 Å². The summed E-state index contributed by atoms with van der Waals surface area (Å²) in [6.07, 6.45) is 6.85. The molecule has 1 aromatic heterocycles. The Morgan fingerprint density at radius 3 is 2.96 bits per heavy atom. The highest BCUT2D eigenvalue weighted by molar-refractivity contribution is 6.32. The van der Waals surface area contributed by atoms with Gasteiger partial charge in [0.05, 0.1) is 11.2 Å². The van der Waals surface area contributed by atoms with Gasteiger partial charge in [-0.3, -0.25) is 9.48 Å². The van der Waals surface area contributed by atoms with Gasteiger partial charge in [0.15, 0.2) is 11.5 Å². The Labute approximate surface area is 145 Å². The molecule has 126 valence electrons. The van der Waals surface area contributed by atoms with Crippen LogP contribution >= 0.6 is 11.6 Å². The van der Waals surface area contributed by atoms with Crippen molar-refractivity contribution >= 4 is 23.6 Å². The Morgan fingerprint density at radius 1 is 1.42 bits per heavy atom. The maximum absolute atomic E-state index is 12.2. The fourth-order valence-electron chi connectivity index (χ4n) is 2.43. The van der Waals surface area contributed by atoms with E-state index >= 15 is 0 Å². The molecule has 0 bridgehead atoms. The number of fused-ring (bicyclic) bond motifs is 1. The predicted octanol–water partition coefficient (Wildman–Crippen LogP) is 2.52. The van der Waals surface area contributed by atoms with E-state index in [1.807, 2.05) is 19.3 Å². The van der Waals surface area contributed by atoms with E-state index in [0.717, 1.165) is 11.1 Å². The number of benzene rings is 1. The standard InChI is InChI=1S/C17H18ClN3O3/c1-20(10-13-9-19-21(2)11-13)16(22)4-3-12-7-14(18)17-15(8-12)23-5-6-24-17/h3-4,7-9,11H,5-6,10H2,1-2H3. The fourth-order valence-corrected chi connectivity index (χ4v) is 2.70. The number of hydrogen-bond donors (Lipinski definition) is 0. The van der Waals surface area contributed by atoms with Gasteiger partial charge in [0.25, 0.3) is 0 Å². The van der Waals surface area contributed by atoms with Gasteiger partial charge in [-0.25, -0.2) is 0 Å². The molecule has 0 fully saturated rings. The van der Waals surface area contributed by atoms with Gasteiger partial charge in [0.1, 0.15) is 13.2 Å². The Balaban J connectivity index is 1.68. The molecule has 0 saturated heterocycles. The number of aromatic nitrogens is 2. The number of ether oxygens (including phenoxy) is 2. The number of aryl methyl sites for hydroxylation is 1. The van der Waals surface area contributed by atoms with Gasteiger partial charge in [0, 0.05) is 38.5 Å². The minimum Gasteiger partial charge on any atom is -0.486 e. The van der Waals surface area contributed by atoms with Crippen molar-refractivity contribution in [2.45, 2.75) is 6.54 Å². The molecule has 0 N–H and O–H groups in total. The first-order valence-corrected chi connectivity index (χ1v) is 7.90. The van der Waals surface area contributed by atoms with Crippen molar-refractivity contribution in [2.24, 2.45) is 7.05 Å². The first-order valence-electron chi connectivity index (χ1n) is 7.53. The smallest absolute Gasteiger partial charge is 0.246 e. The highest BCUT2D eigenvalue weighted by atomic mass is 35.5. The summed E-state index contributed by atoms with van der Waals surface area (Å²) in [6, 6.07) is 3.56. The Bertz CT molecular complexity index is 785. The second-order valence-corrected chi connectivity index (χ2v) is 5.98. The normalized spacial score (nSPS) is 13.3. The summed E-state index contributed by atoms with van der Waals surface area (Å²) in [5.41, 5.74) is 1.76. The number of likely N-dealkylation sites (N-methyl/N-ethyl adjacent to an activating group) is 1. The minimum absolute atomic E-state index is 0.107. The highest BCUT2D eigenvalue weighted by Gasteiger charge is 2.16. The lowest BCUT2D eigenvalue weighted by atomic mass is 10.1. The molecule has 0 saturated carbocycles. The molecule has 0 aliphatic carbocycles. The summed E-state index contributed by atoms with van der Waals surface area (Å²) in [7, 11) is 3.59. The SMILES string of the molecule is CN(Cc1cnn(C)c1)C(=O)C=Cc1cc(Cl)c2c(c1)OCCO2. The largest absolute Gasteiger partial charge is 0.486 e. The highest BCUT2D eigenvalue weighted by Crippen LogP contribution is 2.38. The summed E-state index contributed by atoms with van der Waals surface area (Å²) in [5, 5.41) is 4.57. The van der Waals surface area contributed by atoms with Crippen molar-refractivity contribution in [1.29, 1.82) is 0 Å². The van der Waals surface area contributed by atoms with Crippen molar-refractivity contribution < 1.29 is 14.3 Å². The van der Waals surface area contributed by atoms with Crippen molar-refractivity contribution in [3.8, 4) is 11.5 Å². The number of amides is 1. The van der Waals surface area contributed by atoms with E-state index in [4.69, 9.17) is 21.1 Å². The van der Waals surface area contributed by atoms with Gasteiger partial charge < -0.3 is 14.4 Å². The lowest BCUT2D eigenvalue weighted by molar-refractivity contribution is -0.125. The van der Waals surface area contributed by atoms with Crippen LogP contribution < -0.4 is 9.47 Å². The Hall–Kier alpha value is -2.47. The summed E-state index contributed by atoms with van der Waals surface area (Å²) >= 11 is 6.19. The van der Waals surface area contributed by atoms with Crippen molar-refractivity contribution in [2.75, 3.05) is 20.3 Å². The second-order valence-electron chi connectivity index (χ2n) is 5.58. The van der Waals surface area contributed by atoms with Crippen LogP contribution in [-0.4, -0.2) is 40.8 Å². The van der Waals surface area contributed by atoms with Crippen molar-refractivity contribution in [1.82, 2.24) is 14.7 Å². The molecule has 2 heterocycles. The lowest BCUT2D eigenvalue weighted by Gasteiger charge is -2.19. The zero-order valence-electron chi connectivity index (χ0n) is 13.5. The van der Waals surface area contributed by atoms with Crippen LogP contribution in [0.15, 0.2) is 30.6 Å². The minimum atomic E-state index is -0.107. The van der Waals surface area contributed by atoms with Gasteiger partial charge in [-0.2, -0.15) is 5.10 Å². The van der Waals surface area contributed by atoms with E-state index in [-0.39, 0.29) is 5.91 Å². The third-order valence-electron chi connectivity index (χ3n) is 3.59. The first kappa shape index (κ1) is 16.4. The van der Waals surface area contributed by atoms with Gasteiger partial charge >= 0.3 is 0 Å². The molecule has 0 spiro atoms. The molecule has 0 atom stereocenters. The number of halogens is 1. The molecule has 1 aromatic carbocycles. The zero-order valence-corrected chi connectivity index (χ0v) is 14.3. The number of rotatable bonds is 4. The molecule has 2 aromatic rings. The third kappa shape index (κ3) is 3.71. The first-order chi connectivity index (χ1) is 11.5. The number of carbonyl (C=O) groups excluding carboxylic acids is 1. The molecule has 3 rings (SSSR count). The Morgan fingerprint density at radius 2 is 2.21 bits per heavy atom. The van der Waals surface area contributed by atoms with E-state index in [9.17, 15) is 4.79 Å². The molecule has 1 aliphatic rings. The lowest BCUT2D eigenvalue weighted by Crippen LogP contribution is -2.23. The molecule has 0 radical (unpaired) electrons. The molecular formula is C17H18ClN3O3. The zero-order chi connectivity index (χ0) is 17.1. The quantitative estimate of drug-likeness (QED) is 0.797. The predicted molar refractivity (Wildman–Crippen MR) is 91.2 cm³/mol. The molecule has 1 amide bonds. The average Bonchev–Trinajstić information content (AvgIpc) is 2.97. The van der Waals surface area contributed by atoms with Gasteiger partial charge in [-0.1, -0.05) is 11.6 Å². The van der Waals surface area contributed by atoms with E-state index in [1.165, 1.54) is 6.08 Å². The monoisotopic (exact) mass is 347 g/mol. The van der Waals surface area contributed by atoms with Gasteiger partial charge in [-0.15, -0.1) is 0 Å². The summed E-state index contributed by atoms with van der Waals surface area (Å²) in [5.74, 6) is 1.05. The van der Waals surface area contributed by atoms with Crippen LogP contribution in [0.25, 0.3) is 6.08 Å². The van der Waals surface area contributed by atoms with Crippen molar-refractivity contribution in [3.05, 3.63) is 46.8 Å². The van der Waals surface area contributed by atoms with Crippen molar-refractivity contribution in [3.63, 3.8) is 0 Å². The van der Waals surface area contributed by atoms with Crippen LogP contribution in [-0.2, 0) is 18.4 Å². The van der Waals surface area contributed by atoms with Crippen LogP contribution in [0.3, 0.4) is 0 Å². The molecule has 1 aliphatic heterocycles. The number of nitrogens with zero attached hydrogens (tertiary/aromatic N) is 3. The van der Waals surface area contributed by atoms with E-state index in [0.29, 0.717) is 36.3 Å².